The Morgan fingerprint density at radius 1 is 1.19 bits per heavy atom. The first-order valence-electron chi connectivity index (χ1n) is 11.5. The van der Waals surface area contributed by atoms with Gasteiger partial charge in [0.05, 0.1) is 6.61 Å². The Bertz CT molecular complexity index is 718. The summed E-state index contributed by atoms with van der Waals surface area (Å²) in [4.78, 5) is 23.1. The fraction of sp³-hybridized carbons (Fsp3) is 0.667. The van der Waals surface area contributed by atoms with Crippen molar-refractivity contribution < 1.29 is 9.53 Å². The lowest BCUT2D eigenvalue weighted by Crippen LogP contribution is -2.53. The van der Waals surface area contributed by atoms with Crippen LogP contribution in [0.15, 0.2) is 29.3 Å². The minimum atomic E-state index is 0.0204. The van der Waals surface area contributed by atoms with Crippen molar-refractivity contribution in [3.8, 4) is 0 Å². The maximum atomic E-state index is 12.1. The number of carbonyl (C=O) groups excluding carboxylic acids is 1. The quantitative estimate of drug-likeness (QED) is 0.531. The average Bonchev–Trinajstić information content (AvgIpc) is 3.28. The average molecular weight is 430 g/mol. The number of ether oxygens (including phenoxy) is 1. The molecular formula is C24H39N5O2. The maximum absolute atomic E-state index is 12.1. The molecule has 1 amide bonds. The van der Waals surface area contributed by atoms with E-state index in [1.54, 1.807) is 19.0 Å². The number of aliphatic imine (C=N–C) groups is 1. The lowest BCUT2D eigenvalue weighted by molar-refractivity contribution is -0.127. The highest BCUT2D eigenvalue weighted by atomic mass is 16.5. The Balaban J connectivity index is 1.54. The molecule has 31 heavy (non-hydrogen) atoms. The molecule has 2 aliphatic rings. The van der Waals surface area contributed by atoms with E-state index in [1.165, 1.54) is 11.1 Å². The SMILES string of the molecule is CC(C)c1ccc(CN2CCN(C(=NCC(=O)N(C)C)NCC3CCOC3)CC2)cc1. The number of nitrogens with zero attached hydrogens (tertiary/aromatic N) is 4. The number of rotatable bonds is 7. The van der Waals surface area contributed by atoms with E-state index in [0.29, 0.717) is 11.8 Å². The van der Waals surface area contributed by atoms with Crippen LogP contribution in [0, 0.1) is 5.92 Å². The van der Waals surface area contributed by atoms with E-state index < -0.39 is 0 Å². The Morgan fingerprint density at radius 2 is 1.90 bits per heavy atom. The summed E-state index contributed by atoms with van der Waals surface area (Å²) in [7, 11) is 3.54. The molecule has 7 heteroatoms. The lowest BCUT2D eigenvalue weighted by Gasteiger charge is -2.37. The topological polar surface area (TPSA) is 60.4 Å². The van der Waals surface area contributed by atoms with E-state index in [0.717, 1.165) is 64.9 Å². The van der Waals surface area contributed by atoms with E-state index >= 15 is 0 Å². The Labute approximate surface area is 187 Å². The van der Waals surface area contributed by atoms with Crippen LogP contribution in [-0.4, -0.2) is 93.1 Å². The molecule has 2 heterocycles. The molecule has 3 rings (SSSR count). The van der Waals surface area contributed by atoms with Crippen LogP contribution < -0.4 is 5.32 Å². The number of nitrogens with one attached hydrogen (secondary N) is 1. The molecule has 0 saturated carbocycles. The second-order valence-electron chi connectivity index (χ2n) is 9.20. The van der Waals surface area contributed by atoms with Gasteiger partial charge < -0.3 is 19.9 Å². The van der Waals surface area contributed by atoms with Gasteiger partial charge >= 0.3 is 0 Å². The molecule has 1 atom stereocenters. The second-order valence-corrected chi connectivity index (χ2v) is 9.20. The third-order valence-electron chi connectivity index (χ3n) is 6.16. The van der Waals surface area contributed by atoms with Gasteiger partial charge in [-0.15, -0.1) is 0 Å². The highest BCUT2D eigenvalue weighted by Crippen LogP contribution is 2.16. The number of carbonyl (C=O) groups is 1. The highest BCUT2D eigenvalue weighted by Gasteiger charge is 2.22. The molecular weight excluding hydrogens is 390 g/mol. The zero-order valence-electron chi connectivity index (χ0n) is 19.6. The molecule has 1 aromatic carbocycles. The van der Waals surface area contributed by atoms with Crippen molar-refractivity contribution in [2.45, 2.75) is 32.7 Å². The maximum Gasteiger partial charge on any atom is 0.243 e. The molecule has 0 radical (unpaired) electrons. The number of benzene rings is 1. The van der Waals surface area contributed by atoms with Gasteiger partial charge in [0.2, 0.25) is 5.91 Å². The molecule has 0 spiro atoms. The van der Waals surface area contributed by atoms with Gasteiger partial charge in [-0.1, -0.05) is 38.1 Å². The molecule has 0 aromatic heterocycles. The molecule has 0 aliphatic carbocycles. The van der Waals surface area contributed by atoms with Gasteiger partial charge in [-0.25, -0.2) is 4.99 Å². The summed E-state index contributed by atoms with van der Waals surface area (Å²) in [5, 5.41) is 3.51. The molecule has 2 saturated heterocycles. The molecule has 172 valence electrons. The fourth-order valence-electron chi connectivity index (χ4n) is 3.92. The van der Waals surface area contributed by atoms with Crippen molar-refractivity contribution in [3.63, 3.8) is 0 Å². The van der Waals surface area contributed by atoms with Crippen LogP contribution in [0.2, 0.25) is 0 Å². The molecule has 0 bridgehead atoms. The first-order valence-corrected chi connectivity index (χ1v) is 11.5. The molecule has 1 N–H and O–H groups in total. The Morgan fingerprint density at radius 3 is 2.48 bits per heavy atom. The number of amides is 1. The van der Waals surface area contributed by atoms with Crippen molar-refractivity contribution in [1.29, 1.82) is 0 Å². The van der Waals surface area contributed by atoms with Crippen LogP contribution in [0.25, 0.3) is 0 Å². The van der Waals surface area contributed by atoms with Crippen molar-refractivity contribution in [2.75, 3.05) is 66.6 Å². The van der Waals surface area contributed by atoms with Crippen LogP contribution >= 0.6 is 0 Å². The van der Waals surface area contributed by atoms with E-state index in [1.807, 2.05) is 0 Å². The predicted octanol–water partition coefficient (Wildman–Crippen LogP) is 2.00. The predicted molar refractivity (Wildman–Crippen MR) is 125 cm³/mol. The fourth-order valence-corrected chi connectivity index (χ4v) is 3.92. The first kappa shape index (κ1) is 23.5. The Kier molecular flexibility index (Phi) is 8.72. The zero-order chi connectivity index (χ0) is 22.2. The standard InChI is InChI=1S/C24H39N5O2/c1-19(2)22-7-5-20(6-8-22)17-28-10-12-29(13-11-28)24(26-16-23(30)27(3)4)25-15-21-9-14-31-18-21/h5-8,19,21H,9-18H2,1-4H3,(H,25,26). The van der Waals surface area contributed by atoms with Crippen molar-refractivity contribution in [1.82, 2.24) is 20.0 Å². The van der Waals surface area contributed by atoms with Crippen molar-refractivity contribution in [2.24, 2.45) is 10.9 Å². The van der Waals surface area contributed by atoms with E-state index in [9.17, 15) is 4.79 Å². The van der Waals surface area contributed by atoms with Crippen molar-refractivity contribution in [3.05, 3.63) is 35.4 Å². The zero-order valence-corrected chi connectivity index (χ0v) is 19.6. The van der Waals surface area contributed by atoms with Crippen LogP contribution in [0.5, 0.6) is 0 Å². The lowest BCUT2D eigenvalue weighted by atomic mass is 10.0. The molecule has 1 aromatic rings. The number of hydrogen-bond donors (Lipinski definition) is 1. The number of hydrogen-bond acceptors (Lipinski definition) is 4. The first-order chi connectivity index (χ1) is 14.9. The van der Waals surface area contributed by atoms with Crippen LogP contribution in [0.4, 0.5) is 0 Å². The largest absolute Gasteiger partial charge is 0.381 e. The van der Waals surface area contributed by atoms with Gasteiger partial charge in [-0.2, -0.15) is 0 Å². The second kappa shape index (κ2) is 11.5. The van der Waals surface area contributed by atoms with E-state index in [2.05, 4.69) is 58.2 Å². The number of guanidine groups is 1. The summed E-state index contributed by atoms with van der Waals surface area (Å²) in [6.07, 6.45) is 1.08. The molecule has 7 nitrogen and oxygen atoms in total. The van der Waals surface area contributed by atoms with Gasteiger partial charge in [-0.05, 0) is 23.5 Å². The third kappa shape index (κ3) is 7.21. The summed E-state index contributed by atoms with van der Waals surface area (Å²) in [5.74, 6) is 1.96. The van der Waals surface area contributed by atoms with Gasteiger partial charge in [-0.3, -0.25) is 9.69 Å². The van der Waals surface area contributed by atoms with Gasteiger partial charge in [0.25, 0.3) is 0 Å². The summed E-state index contributed by atoms with van der Waals surface area (Å²) >= 11 is 0. The number of likely N-dealkylation sites (N-methyl/N-ethyl adjacent to an activating group) is 1. The third-order valence-corrected chi connectivity index (χ3v) is 6.16. The summed E-state index contributed by atoms with van der Waals surface area (Å²) < 4.78 is 5.49. The van der Waals surface area contributed by atoms with E-state index in [-0.39, 0.29) is 12.5 Å². The minimum Gasteiger partial charge on any atom is -0.381 e. The summed E-state index contributed by atoms with van der Waals surface area (Å²) in [5.41, 5.74) is 2.75. The molecule has 1 unspecified atom stereocenters. The summed E-state index contributed by atoms with van der Waals surface area (Å²) in [6.45, 7) is 11.9. The van der Waals surface area contributed by atoms with Crippen LogP contribution in [-0.2, 0) is 16.1 Å². The van der Waals surface area contributed by atoms with Gasteiger partial charge in [0, 0.05) is 65.9 Å². The monoisotopic (exact) mass is 429 g/mol. The van der Waals surface area contributed by atoms with Gasteiger partial charge in [0.15, 0.2) is 5.96 Å². The number of piperazine rings is 1. The van der Waals surface area contributed by atoms with Crippen LogP contribution in [0.3, 0.4) is 0 Å². The normalized spacial score (nSPS) is 20.4. The summed E-state index contributed by atoms with van der Waals surface area (Å²) in [6, 6.07) is 9.01. The smallest absolute Gasteiger partial charge is 0.243 e. The van der Waals surface area contributed by atoms with Crippen molar-refractivity contribution >= 4 is 11.9 Å². The van der Waals surface area contributed by atoms with Crippen LogP contribution in [0.1, 0.15) is 37.3 Å². The van der Waals surface area contributed by atoms with Gasteiger partial charge in [0.1, 0.15) is 6.54 Å². The Hall–Kier alpha value is -2.12. The minimum absolute atomic E-state index is 0.0204. The van der Waals surface area contributed by atoms with E-state index in [4.69, 9.17) is 4.74 Å². The molecule has 2 aliphatic heterocycles. The molecule has 2 fully saturated rings. The highest BCUT2D eigenvalue weighted by molar-refractivity contribution is 5.85.